The normalized spacial score (nSPS) is 8.89. The molecule has 0 saturated carbocycles. The van der Waals surface area contributed by atoms with Crippen LogP contribution in [0.4, 0.5) is 5.69 Å². The number of pyridine rings is 1. The standard InChI is InChI=1S/C6H7N3/c7-3-6-2-1-5(8)4-9-6/h1-4,7H,8H2. The summed E-state index contributed by atoms with van der Waals surface area (Å²) in [5.41, 5.74) is 6.60. The minimum Gasteiger partial charge on any atom is -0.397 e. The molecule has 0 radical (unpaired) electrons. The number of nitrogens with zero attached hydrogens (tertiary/aromatic N) is 1. The molecular formula is C6H7N3. The second-order valence-electron chi connectivity index (χ2n) is 1.66. The molecule has 46 valence electrons. The first-order chi connectivity index (χ1) is 4.33. The van der Waals surface area contributed by atoms with Gasteiger partial charge in [0.2, 0.25) is 0 Å². The number of anilines is 1. The Hall–Kier alpha value is -1.38. The van der Waals surface area contributed by atoms with Crippen LogP contribution in [0.1, 0.15) is 5.69 Å². The van der Waals surface area contributed by atoms with E-state index in [-0.39, 0.29) is 0 Å². The van der Waals surface area contributed by atoms with Crippen molar-refractivity contribution >= 4 is 11.9 Å². The Bertz CT molecular complexity index is 202. The zero-order chi connectivity index (χ0) is 6.69. The van der Waals surface area contributed by atoms with E-state index in [0.29, 0.717) is 11.4 Å². The van der Waals surface area contributed by atoms with E-state index in [1.807, 2.05) is 0 Å². The molecule has 0 aliphatic carbocycles. The quantitative estimate of drug-likeness (QED) is 0.536. The predicted octanol–water partition coefficient (Wildman–Crippen LogP) is 0.661. The number of rotatable bonds is 1. The molecule has 0 aliphatic rings. The number of hydrogen-bond acceptors (Lipinski definition) is 3. The highest BCUT2D eigenvalue weighted by Gasteiger charge is 1.85. The Morgan fingerprint density at radius 3 is 2.78 bits per heavy atom. The second-order valence-corrected chi connectivity index (χ2v) is 1.66. The van der Waals surface area contributed by atoms with Crippen LogP contribution >= 0.6 is 0 Å². The predicted molar refractivity (Wildman–Crippen MR) is 36.5 cm³/mol. The first-order valence-electron chi connectivity index (χ1n) is 2.55. The molecule has 1 rings (SSSR count). The molecule has 0 aromatic carbocycles. The lowest BCUT2D eigenvalue weighted by atomic mass is 10.3. The molecule has 0 aliphatic heterocycles. The third kappa shape index (κ3) is 1.25. The fourth-order valence-corrected chi connectivity index (χ4v) is 0.502. The molecule has 0 bridgehead atoms. The second kappa shape index (κ2) is 2.26. The molecule has 1 aromatic rings. The molecule has 0 spiro atoms. The van der Waals surface area contributed by atoms with Crippen molar-refractivity contribution in [3.63, 3.8) is 0 Å². The van der Waals surface area contributed by atoms with E-state index in [2.05, 4.69) is 4.98 Å². The largest absolute Gasteiger partial charge is 0.397 e. The topological polar surface area (TPSA) is 62.8 Å². The monoisotopic (exact) mass is 121 g/mol. The number of nitrogens with two attached hydrogens (primary N) is 1. The van der Waals surface area contributed by atoms with E-state index < -0.39 is 0 Å². The minimum absolute atomic E-state index is 0.626. The molecule has 0 atom stereocenters. The van der Waals surface area contributed by atoms with Gasteiger partial charge >= 0.3 is 0 Å². The first kappa shape index (κ1) is 5.75. The van der Waals surface area contributed by atoms with Gasteiger partial charge in [-0.3, -0.25) is 4.98 Å². The highest BCUT2D eigenvalue weighted by atomic mass is 14.7. The average molecular weight is 121 g/mol. The Labute approximate surface area is 53.0 Å². The van der Waals surface area contributed by atoms with Gasteiger partial charge in [0, 0.05) is 6.21 Å². The smallest absolute Gasteiger partial charge is 0.0806 e. The molecule has 3 nitrogen and oxygen atoms in total. The van der Waals surface area contributed by atoms with Crippen molar-refractivity contribution < 1.29 is 0 Å². The summed E-state index contributed by atoms with van der Waals surface area (Å²) in [6, 6.07) is 3.41. The van der Waals surface area contributed by atoms with Crippen molar-refractivity contribution in [2.24, 2.45) is 0 Å². The lowest BCUT2D eigenvalue weighted by Crippen LogP contribution is -1.89. The summed E-state index contributed by atoms with van der Waals surface area (Å²) in [6.45, 7) is 0. The van der Waals surface area contributed by atoms with Crippen LogP contribution in [0.2, 0.25) is 0 Å². The minimum atomic E-state index is 0.626. The van der Waals surface area contributed by atoms with E-state index in [4.69, 9.17) is 11.1 Å². The van der Waals surface area contributed by atoms with E-state index in [9.17, 15) is 0 Å². The lowest BCUT2D eigenvalue weighted by molar-refractivity contribution is 1.30. The van der Waals surface area contributed by atoms with Gasteiger partial charge < -0.3 is 11.1 Å². The molecule has 0 amide bonds. The van der Waals surface area contributed by atoms with Gasteiger partial charge in [-0.15, -0.1) is 0 Å². The molecular weight excluding hydrogens is 114 g/mol. The van der Waals surface area contributed by atoms with Gasteiger partial charge in [0.15, 0.2) is 0 Å². The summed E-state index contributed by atoms with van der Waals surface area (Å²) >= 11 is 0. The summed E-state index contributed by atoms with van der Waals surface area (Å²) < 4.78 is 0. The summed E-state index contributed by atoms with van der Waals surface area (Å²) in [5, 5.41) is 6.79. The summed E-state index contributed by atoms with van der Waals surface area (Å²) in [7, 11) is 0. The van der Waals surface area contributed by atoms with Crippen molar-refractivity contribution in [1.82, 2.24) is 4.98 Å². The fraction of sp³-hybridized carbons (Fsp3) is 0. The number of nitrogen functional groups attached to an aromatic ring is 1. The Balaban J connectivity index is 3.01. The van der Waals surface area contributed by atoms with Crippen LogP contribution in [0, 0.1) is 5.41 Å². The van der Waals surface area contributed by atoms with Crippen molar-refractivity contribution in [3.05, 3.63) is 24.0 Å². The Kier molecular flexibility index (Phi) is 1.44. The van der Waals surface area contributed by atoms with Gasteiger partial charge in [-0.1, -0.05) is 0 Å². The third-order valence-corrected chi connectivity index (χ3v) is 0.957. The van der Waals surface area contributed by atoms with E-state index >= 15 is 0 Å². The molecule has 0 fully saturated rings. The van der Waals surface area contributed by atoms with E-state index in [0.717, 1.165) is 0 Å². The van der Waals surface area contributed by atoms with E-state index in [1.165, 1.54) is 12.4 Å². The van der Waals surface area contributed by atoms with Crippen LogP contribution in [-0.4, -0.2) is 11.2 Å². The number of aromatic nitrogens is 1. The lowest BCUT2D eigenvalue weighted by Gasteiger charge is -1.90. The van der Waals surface area contributed by atoms with Gasteiger partial charge in [-0.05, 0) is 12.1 Å². The van der Waals surface area contributed by atoms with Crippen LogP contribution in [0.3, 0.4) is 0 Å². The molecule has 3 N–H and O–H groups in total. The van der Waals surface area contributed by atoms with Crippen LogP contribution < -0.4 is 5.73 Å². The third-order valence-electron chi connectivity index (χ3n) is 0.957. The Morgan fingerprint density at radius 1 is 1.56 bits per heavy atom. The molecule has 1 heterocycles. The number of hydrogen-bond donors (Lipinski definition) is 2. The SMILES string of the molecule is N=Cc1ccc(N)cn1. The molecule has 0 saturated heterocycles. The van der Waals surface area contributed by atoms with Gasteiger partial charge in [0.1, 0.15) is 0 Å². The Morgan fingerprint density at radius 2 is 2.33 bits per heavy atom. The highest BCUT2D eigenvalue weighted by molar-refractivity contribution is 5.74. The van der Waals surface area contributed by atoms with Gasteiger partial charge in [-0.2, -0.15) is 0 Å². The van der Waals surface area contributed by atoms with Crippen LogP contribution in [0.5, 0.6) is 0 Å². The molecule has 9 heavy (non-hydrogen) atoms. The van der Waals surface area contributed by atoms with Gasteiger partial charge in [-0.25, -0.2) is 0 Å². The van der Waals surface area contributed by atoms with Crippen LogP contribution in [0.15, 0.2) is 18.3 Å². The van der Waals surface area contributed by atoms with Gasteiger partial charge in [0.05, 0.1) is 17.6 Å². The van der Waals surface area contributed by atoms with Gasteiger partial charge in [0.25, 0.3) is 0 Å². The molecule has 1 aromatic heterocycles. The summed E-state index contributed by atoms with van der Waals surface area (Å²) in [6.07, 6.45) is 2.71. The van der Waals surface area contributed by atoms with Crippen LogP contribution in [-0.2, 0) is 0 Å². The zero-order valence-corrected chi connectivity index (χ0v) is 4.83. The highest BCUT2D eigenvalue weighted by Crippen LogP contribution is 1.97. The van der Waals surface area contributed by atoms with Crippen molar-refractivity contribution in [2.45, 2.75) is 0 Å². The van der Waals surface area contributed by atoms with E-state index in [1.54, 1.807) is 12.1 Å². The first-order valence-corrected chi connectivity index (χ1v) is 2.55. The fourth-order valence-electron chi connectivity index (χ4n) is 0.502. The van der Waals surface area contributed by atoms with Crippen molar-refractivity contribution in [2.75, 3.05) is 5.73 Å². The summed E-state index contributed by atoms with van der Waals surface area (Å²) in [4.78, 5) is 3.83. The maximum absolute atomic E-state index is 6.79. The average Bonchev–Trinajstić information content (AvgIpc) is 1.90. The molecule has 3 heteroatoms. The van der Waals surface area contributed by atoms with Crippen LogP contribution in [0.25, 0.3) is 0 Å². The zero-order valence-electron chi connectivity index (χ0n) is 4.83. The number of nitrogens with one attached hydrogen (secondary N) is 1. The van der Waals surface area contributed by atoms with Crippen molar-refractivity contribution in [3.8, 4) is 0 Å². The maximum Gasteiger partial charge on any atom is 0.0806 e. The van der Waals surface area contributed by atoms with Crippen molar-refractivity contribution in [1.29, 1.82) is 5.41 Å². The molecule has 0 unspecified atom stereocenters. The summed E-state index contributed by atoms with van der Waals surface area (Å²) in [5.74, 6) is 0. The maximum atomic E-state index is 6.79.